The van der Waals surface area contributed by atoms with Crippen molar-refractivity contribution in [1.29, 1.82) is 0 Å². The van der Waals surface area contributed by atoms with Crippen LogP contribution < -0.4 is 5.73 Å². The van der Waals surface area contributed by atoms with Gasteiger partial charge in [-0.3, -0.25) is 4.79 Å². The van der Waals surface area contributed by atoms with Crippen molar-refractivity contribution in [2.75, 3.05) is 0 Å². The minimum absolute atomic E-state index is 0.375. The molecule has 0 aliphatic heterocycles. The summed E-state index contributed by atoms with van der Waals surface area (Å²) in [4.78, 5) is 10.5. The zero-order valence-electron chi connectivity index (χ0n) is 16.6. The lowest BCUT2D eigenvalue weighted by molar-refractivity contribution is 0.100. The van der Waals surface area contributed by atoms with E-state index in [-0.39, 0.29) is 5.91 Å². The van der Waals surface area contributed by atoms with Crippen LogP contribution in [0.4, 0.5) is 0 Å². The molecule has 3 aromatic rings. The lowest BCUT2D eigenvalue weighted by atomic mass is 10.00. The first-order chi connectivity index (χ1) is 13.5. The third-order valence-corrected chi connectivity index (χ3v) is 5.15. The Morgan fingerprint density at radius 1 is 0.857 bits per heavy atom. The molecule has 3 aromatic carbocycles. The second-order valence-corrected chi connectivity index (χ2v) is 7.33. The van der Waals surface area contributed by atoms with E-state index in [1.54, 1.807) is 17.7 Å². The van der Waals surface area contributed by atoms with Crippen LogP contribution in [-0.2, 0) is 12.8 Å². The number of rotatable bonds is 4. The van der Waals surface area contributed by atoms with Gasteiger partial charge in [-0.1, -0.05) is 77.9 Å². The summed E-state index contributed by atoms with van der Waals surface area (Å²) < 4.78 is 0. The quantitative estimate of drug-likeness (QED) is 0.633. The van der Waals surface area contributed by atoms with E-state index in [2.05, 4.69) is 61.5 Å². The molecule has 28 heavy (non-hydrogen) atoms. The van der Waals surface area contributed by atoms with Gasteiger partial charge in [0.25, 0.3) is 0 Å². The highest BCUT2D eigenvalue weighted by Gasteiger charge is 2.11. The van der Waals surface area contributed by atoms with Gasteiger partial charge in [-0.2, -0.15) is 0 Å². The maximum absolute atomic E-state index is 10.5. The molecule has 4 rings (SSSR count). The van der Waals surface area contributed by atoms with Crippen LogP contribution in [0.5, 0.6) is 0 Å². The molecule has 0 bridgehead atoms. The van der Waals surface area contributed by atoms with Crippen molar-refractivity contribution in [3.63, 3.8) is 0 Å². The van der Waals surface area contributed by atoms with Crippen molar-refractivity contribution in [3.8, 4) is 0 Å². The summed E-state index contributed by atoms with van der Waals surface area (Å²) in [5.41, 5.74) is 14.1. The minimum Gasteiger partial charge on any atom is -0.366 e. The van der Waals surface area contributed by atoms with Crippen LogP contribution in [0.3, 0.4) is 0 Å². The summed E-state index contributed by atoms with van der Waals surface area (Å²) in [6.45, 7) is 4.16. The fourth-order valence-corrected chi connectivity index (χ4v) is 3.42. The fourth-order valence-electron chi connectivity index (χ4n) is 3.42. The molecule has 0 radical (unpaired) electrons. The Balaban J connectivity index is 0.000000192. The Morgan fingerprint density at radius 3 is 2.21 bits per heavy atom. The summed E-state index contributed by atoms with van der Waals surface area (Å²) in [5, 5.41) is 0. The van der Waals surface area contributed by atoms with Crippen LogP contribution in [0.2, 0.25) is 0 Å². The van der Waals surface area contributed by atoms with E-state index < -0.39 is 0 Å². The van der Waals surface area contributed by atoms with Crippen LogP contribution in [-0.4, -0.2) is 5.91 Å². The second kappa shape index (κ2) is 9.18. The number of benzene rings is 3. The molecular weight excluding hydrogens is 342 g/mol. The highest BCUT2D eigenvalue weighted by atomic mass is 16.1. The average molecular weight is 370 g/mol. The number of fused-ring (bicyclic) bond motifs is 1. The van der Waals surface area contributed by atoms with Crippen LogP contribution in [0.15, 0.2) is 78.4 Å². The number of allylic oxidation sites excluding steroid dienone is 1. The molecule has 142 valence electrons. The fraction of sp³-hybridized carbons (Fsp3) is 0.192. The van der Waals surface area contributed by atoms with E-state index in [0.29, 0.717) is 5.56 Å². The van der Waals surface area contributed by atoms with Crippen molar-refractivity contribution in [2.24, 2.45) is 5.73 Å². The van der Waals surface area contributed by atoms with Crippen molar-refractivity contribution in [1.82, 2.24) is 0 Å². The molecule has 1 aliphatic carbocycles. The molecule has 2 heteroatoms. The minimum atomic E-state index is -0.375. The normalized spacial score (nSPS) is 11.9. The maximum Gasteiger partial charge on any atom is 0.248 e. The molecule has 0 unspecified atom stereocenters. The smallest absolute Gasteiger partial charge is 0.248 e. The van der Waals surface area contributed by atoms with E-state index in [9.17, 15) is 4.79 Å². The summed E-state index contributed by atoms with van der Waals surface area (Å²) in [5.74, 6) is -0.375. The highest BCUT2D eigenvalue weighted by Crippen LogP contribution is 2.27. The molecule has 1 amide bonds. The monoisotopic (exact) mass is 369 g/mol. The third kappa shape index (κ3) is 5.20. The lowest BCUT2D eigenvalue weighted by Gasteiger charge is -2.06. The van der Waals surface area contributed by atoms with Crippen molar-refractivity contribution in [2.45, 2.75) is 33.1 Å². The Labute approximate surface area is 167 Å². The second-order valence-electron chi connectivity index (χ2n) is 7.33. The zero-order valence-corrected chi connectivity index (χ0v) is 16.6. The highest BCUT2D eigenvalue weighted by molar-refractivity contribution is 5.92. The predicted octanol–water partition coefficient (Wildman–Crippen LogP) is 5.66. The summed E-state index contributed by atoms with van der Waals surface area (Å²) in [7, 11) is 0. The molecule has 0 saturated heterocycles. The largest absolute Gasteiger partial charge is 0.366 e. The van der Waals surface area contributed by atoms with Gasteiger partial charge < -0.3 is 5.73 Å². The first-order valence-electron chi connectivity index (χ1n) is 9.71. The first kappa shape index (κ1) is 19.6. The Bertz CT molecular complexity index is 983. The summed E-state index contributed by atoms with van der Waals surface area (Å²) in [6, 6.07) is 24.6. The van der Waals surface area contributed by atoms with Gasteiger partial charge in [-0.15, -0.1) is 0 Å². The predicted molar refractivity (Wildman–Crippen MR) is 117 cm³/mol. The van der Waals surface area contributed by atoms with Gasteiger partial charge >= 0.3 is 0 Å². The molecule has 0 saturated carbocycles. The van der Waals surface area contributed by atoms with Gasteiger partial charge in [-0.25, -0.2) is 0 Å². The zero-order chi connectivity index (χ0) is 19.9. The van der Waals surface area contributed by atoms with E-state index in [4.69, 9.17) is 5.73 Å². The van der Waals surface area contributed by atoms with Gasteiger partial charge in [0, 0.05) is 5.56 Å². The Kier molecular flexibility index (Phi) is 6.44. The summed E-state index contributed by atoms with van der Waals surface area (Å²) >= 11 is 0. The molecule has 2 nitrogen and oxygen atoms in total. The van der Waals surface area contributed by atoms with Gasteiger partial charge in [0.15, 0.2) is 0 Å². The van der Waals surface area contributed by atoms with Crippen molar-refractivity contribution >= 4 is 12.0 Å². The number of carbonyl (C=O) groups is 1. The first-order valence-corrected chi connectivity index (χ1v) is 9.71. The summed E-state index contributed by atoms with van der Waals surface area (Å²) in [6.07, 6.45) is 5.85. The van der Waals surface area contributed by atoms with E-state index >= 15 is 0 Å². The third-order valence-electron chi connectivity index (χ3n) is 5.15. The molecule has 2 N–H and O–H groups in total. The van der Waals surface area contributed by atoms with E-state index in [1.165, 1.54) is 28.7 Å². The number of hydrogen-bond acceptors (Lipinski definition) is 1. The van der Waals surface area contributed by atoms with Crippen LogP contribution in [0.1, 0.15) is 44.6 Å². The molecule has 0 aromatic heterocycles. The number of amides is 1. The average Bonchev–Trinajstić information content (AvgIpc) is 3.11. The van der Waals surface area contributed by atoms with Gasteiger partial charge in [0.2, 0.25) is 5.91 Å². The molecule has 0 fully saturated rings. The van der Waals surface area contributed by atoms with Gasteiger partial charge in [0.1, 0.15) is 0 Å². The van der Waals surface area contributed by atoms with Crippen molar-refractivity contribution < 1.29 is 4.79 Å². The standard InChI is InChI=1S/C18H18.C8H9NO/c1-14-6-2-3-7-16(14)11-10-15-12-17-8-4-5-9-18(17)13-15;1-6-2-4-7(5-3-6)8(9)10/h2-9,12H,10-11,13H2,1H3;2-5H,1H3,(H2,9,10). The lowest BCUT2D eigenvalue weighted by Crippen LogP contribution is -2.10. The Hall–Kier alpha value is -3.13. The maximum atomic E-state index is 10.5. The molecule has 0 atom stereocenters. The number of aryl methyl sites for hydroxylation is 3. The van der Waals surface area contributed by atoms with Crippen molar-refractivity contribution in [3.05, 3.63) is 112 Å². The number of nitrogens with two attached hydrogens (primary N) is 1. The van der Waals surface area contributed by atoms with E-state index in [1.807, 2.05) is 19.1 Å². The molecule has 0 heterocycles. The van der Waals surface area contributed by atoms with Gasteiger partial charge in [0.05, 0.1) is 0 Å². The van der Waals surface area contributed by atoms with Gasteiger partial charge in [-0.05, 0) is 67.5 Å². The van der Waals surface area contributed by atoms with Crippen LogP contribution in [0.25, 0.3) is 6.08 Å². The van der Waals surface area contributed by atoms with E-state index in [0.717, 1.165) is 18.4 Å². The number of carbonyl (C=O) groups excluding carboxylic acids is 1. The Morgan fingerprint density at radius 2 is 1.54 bits per heavy atom. The molecular formula is C26H27NO. The number of hydrogen-bond donors (Lipinski definition) is 1. The van der Waals surface area contributed by atoms with Crippen LogP contribution >= 0.6 is 0 Å². The number of primary amides is 1. The molecule has 1 aliphatic rings. The SMILES string of the molecule is Cc1ccc(C(N)=O)cc1.Cc1ccccc1CCC1=Cc2ccccc2C1. The van der Waals surface area contributed by atoms with Crippen LogP contribution in [0, 0.1) is 13.8 Å². The molecule has 0 spiro atoms. The topological polar surface area (TPSA) is 43.1 Å².